The molecule has 5 nitrogen and oxygen atoms in total. The summed E-state index contributed by atoms with van der Waals surface area (Å²) in [5, 5.41) is 2.79. The Hall–Kier alpha value is -1.86. The van der Waals surface area contributed by atoms with E-state index in [1.807, 2.05) is 0 Å². The van der Waals surface area contributed by atoms with Gasteiger partial charge in [0, 0.05) is 24.9 Å². The van der Waals surface area contributed by atoms with Crippen LogP contribution in [0, 0.1) is 0 Å². The molecule has 0 spiro atoms. The molecule has 0 aliphatic carbocycles. The molecular weight excluding hydrogens is 306 g/mol. The van der Waals surface area contributed by atoms with Gasteiger partial charge in [0.2, 0.25) is 0 Å². The van der Waals surface area contributed by atoms with Crippen LogP contribution in [0.4, 0.5) is 10.7 Å². The van der Waals surface area contributed by atoms with E-state index in [2.05, 4.69) is 16.3 Å². The van der Waals surface area contributed by atoms with Gasteiger partial charge in [-0.25, -0.2) is 0 Å². The minimum atomic E-state index is -0.581. The van der Waals surface area contributed by atoms with Crippen molar-refractivity contribution in [3.8, 4) is 0 Å². The number of nitrogen functional groups attached to an aromatic ring is 1. The number of carbonyl (C=O) groups excluding carboxylic acids is 2. The second kappa shape index (κ2) is 5.16. The molecule has 2 aromatic heterocycles. The number of hydrogen-bond donors (Lipinski definition) is 2. The first kappa shape index (κ1) is 14.1. The Morgan fingerprint density at radius 2 is 2.14 bits per heavy atom. The zero-order chi connectivity index (χ0) is 15.1. The number of Topliss-reactive ketones (excluding diaryl/α,β-unsaturated/α-hetero) is 1. The standard InChI is InChI=1S/C14H15N3O2S2/c1-7(18)12-11(15)10(13(16)19)14(21-12)17-4-2-9-8(6-17)3-5-20-9/h3,5H,2,4,6,15H2,1H3,(H2,16,19). The minimum Gasteiger partial charge on any atom is -0.397 e. The average Bonchev–Trinajstić information content (AvgIpc) is 3.01. The fraction of sp³-hybridized carbons (Fsp3) is 0.286. The number of hydrogen-bond acceptors (Lipinski definition) is 6. The average molecular weight is 321 g/mol. The Kier molecular flexibility index (Phi) is 3.46. The molecule has 0 fully saturated rings. The fourth-order valence-corrected chi connectivity index (χ4v) is 4.61. The molecule has 0 aromatic carbocycles. The molecule has 0 bridgehead atoms. The van der Waals surface area contributed by atoms with E-state index in [0.717, 1.165) is 19.5 Å². The minimum absolute atomic E-state index is 0.139. The molecule has 1 aliphatic rings. The second-order valence-electron chi connectivity index (χ2n) is 4.99. The summed E-state index contributed by atoms with van der Waals surface area (Å²) >= 11 is 3.01. The van der Waals surface area contributed by atoms with Gasteiger partial charge in [-0.15, -0.1) is 22.7 Å². The predicted molar refractivity (Wildman–Crippen MR) is 86.3 cm³/mol. The van der Waals surface area contributed by atoms with Crippen molar-refractivity contribution in [2.24, 2.45) is 5.73 Å². The van der Waals surface area contributed by atoms with Crippen LogP contribution in [0.1, 0.15) is 37.4 Å². The van der Waals surface area contributed by atoms with E-state index in [-0.39, 0.29) is 17.0 Å². The summed E-state index contributed by atoms with van der Waals surface area (Å²) in [5.41, 5.74) is 13.2. The summed E-state index contributed by atoms with van der Waals surface area (Å²) in [6.07, 6.45) is 0.929. The van der Waals surface area contributed by atoms with Crippen molar-refractivity contribution in [2.45, 2.75) is 19.9 Å². The van der Waals surface area contributed by atoms with Crippen LogP contribution >= 0.6 is 22.7 Å². The quantitative estimate of drug-likeness (QED) is 0.849. The zero-order valence-corrected chi connectivity index (χ0v) is 13.1. The molecule has 3 heterocycles. The molecule has 2 aromatic rings. The first-order chi connectivity index (χ1) is 9.99. The van der Waals surface area contributed by atoms with Gasteiger partial charge in [-0.3, -0.25) is 9.59 Å². The third-order valence-corrected chi connectivity index (χ3v) is 5.98. The monoisotopic (exact) mass is 321 g/mol. The summed E-state index contributed by atoms with van der Waals surface area (Å²) in [6, 6.07) is 2.10. The number of carbonyl (C=O) groups is 2. The normalized spacial score (nSPS) is 14.0. The Balaban J connectivity index is 2.05. The van der Waals surface area contributed by atoms with Crippen LogP contribution in [0.15, 0.2) is 11.4 Å². The van der Waals surface area contributed by atoms with Crippen LogP contribution in [-0.4, -0.2) is 18.2 Å². The number of ketones is 1. The second-order valence-corrected chi connectivity index (χ2v) is 6.99. The molecular formula is C14H15N3O2S2. The lowest BCUT2D eigenvalue weighted by atomic mass is 10.1. The first-order valence-corrected chi connectivity index (χ1v) is 8.22. The largest absolute Gasteiger partial charge is 0.397 e. The van der Waals surface area contributed by atoms with Gasteiger partial charge in [-0.2, -0.15) is 0 Å². The van der Waals surface area contributed by atoms with Crippen LogP contribution < -0.4 is 16.4 Å². The molecule has 0 unspecified atom stereocenters. The van der Waals surface area contributed by atoms with Crippen LogP contribution in [0.3, 0.4) is 0 Å². The number of nitrogens with two attached hydrogens (primary N) is 2. The van der Waals surface area contributed by atoms with E-state index in [1.165, 1.54) is 28.7 Å². The number of thiophene rings is 2. The van der Waals surface area contributed by atoms with Crippen molar-refractivity contribution in [1.82, 2.24) is 0 Å². The van der Waals surface area contributed by atoms with E-state index >= 15 is 0 Å². The van der Waals surface area contributed by atoms with Gasteiger partial charge in [-0.1, -0.05) is 0 Å². The van der Waals surface area contributed by atoms with Gasteiger partial charge >= 0.3 is 0 Å². The van der Waals surface area contributed by atoms with Crippen molar-refractivity contribution in [1.29, 1.82) is 0 Å². The number of primary amides is 1. The van der Waals surface area contributed by atoms with Gasteiger partial charge in [0.15, 0.2) is 5.78 Å². The summed E-state index contributed by atoms with van der Waals surface area (Å²) in [6.45, 7) is 2.96. The van der Waals surface area contributed by atoms with Crippen LogP contribution in [0.2, 0.25) is 0 Å². The molecule has 0 atom stereocenters. The molecule has 21 heavy (non-hydrogen) atoms. The number of fused-ring (bicyclic) bond motifs is 1. The van der Waals surface area contributed by atoms with Gasteiger partial charge < -0.3 is 16.4 Å². The maximum absolute atomic E-state index is 11.7. The van der Waals surface area contributed by atoms with E-state index < -0.39 is 5.91 Å². The van der Waals surface area contributed by atoms with Gasteiger partial charge in [0.05, 0.1) is 16.1 Å². The first-order valence-electron chi connectivity index (χ1n) is 6.52. The number of rotatable bonds is 3. The maximum atomic E-state index is 11.7. The molecule has 0 radical (unpaired) electrons. The third kappa shape index (κ3) is 2.32. The number of amides is 1. The topological polar surface area (TPSA) is 89.4 Å². The van der Waals surface area contributed by atoms with Gasteiger partial charge in [0.1, 0.15) is 5.00 Å². The van der Waals surface area contributed by atoms with Crippen molar-refractivity contribution < 1.29 is 9.59 Å². The summed E-state index contributed by atoms with van der Waals surface area (Å²) in [7, 11) is 0. The highest BCUT2D eigenvalue weighted by Crippen LogP contribution is 2.40. The van der Waals surface area contributed by atoms with E-state index in [1.54, 1.807) is 11.3 Å². The Bertz CT molecular complexity index is 733. The van der Waals surface area contributed by atoms with Crippen molar-refractivity contribution in [2.75, 3.05) is 17.2 Å². The lowest BCUT2D eigenvalue weighted by Gasteiger charge is -2.28. The van der Waals surface area contributed by atoms with E-state index in [9.17, 15) is 9.59 Å². The van der Waals surface area contributed by atoms with Crippen molar-refractivity contribution >= 4 is 45.1 Å². The highest BCUT2D eigenvalue weighted by Gasteiger charge is 2.28. The smallest absolute Gasteiger partial charge is 0.253 e. The molecule has 1 aliphatic heterocycles. The maximum Gasteiger partial charge on any atom is 0.253 e. The van der Waals surface area contributed by atoms with Gasteiger partial charge in [0.25, 0.3) is 5.91 Å². The summed E-state index contributed by atoms with van der Waals surface area (Å²) < 4.78 is 0. The predicted octanol–water partition coefficient (Wildman–Crippen LogP) is 2.26. The van der Waals surface area contributed by atoms with E-state index in [0.29, 0.717) is 9.88 Å². The van der Waals surface area contributed by atoms with Crippen LogP contribution in [-0.2, 0) is 13.0 Å². The molecule has 110 valence electrons. The molecule has 4 N–H and O–H groups in total. The Morgan fingerprint density at radius 1 is 1.38 bits per heavy atom. The summed E-state index contributed by atoms with van der Waals surface area (Å²) in [4.78, 5) is 27.3. The van der Waals surface area contributed by atoms with Crippen LogP contribution in [0.25, 0.3) is 0 Å². The fourth-order valence-electron chi connectivity index (χ4n) is 2.58. The molecule has 0 saturated carbocycles. The zero-order valence-electron chi connectivity index (χ0n) is 11.5. The molecule has 1 amide bonds. The molecule has 7 heteroatoms. The van der Waals surface area contributed by atoms with Gasteiger partial charge in [-0.05, 0) is 23.4 Å². The third-order valence-electron chi connectivity index (χ3n) is 3.59. The highest BCUT2D eigenvalue weighted by molar-refractivity contribution is 7.19. The summed E-state index contributed by atoms with van der Waals surface area (Å²) in [5.74, 6) is -0.721. The van der Waals surface area contributed by atoms with Crippen molar-refractivity contribution in [3.63, 3.8) is 0 Å². The number of nitrogens with zero attached hydrogens (tertiary/aromatic N) is 1. The molecule has 3 rings (SSSR count). The highest BCUT2D eigenvalue weighted by atomic mass is 32.1. The Labute approximate surface area is 130 Å². The van der Waals surface area contributed by atoms with Crippen LogP contribution in [0.5, 0.6) is 0 Å². The number of anilines is 2. The Morgan fingerprint density at radius 3 is 2.81 bits per heavy atom. The SMILES string of the molecule is CC(=O)c1sc(N2CCc3sccc3C2)c(C(N)=O)c1N. The lowest BCUT2D eigenvalue weighted by Crippen LogP contribution is -2.30. The van der Waals surface area contributed by atoms with E-state index in [4.69, 9.17) is 11.5 Å². The van der Waals surface area contributed by atoms with Crippen molar-refractivity contribution in [3.05, 3.63) is 32.3 Å². The lowest BCUT2D eigenvalue weighted by molar-refractivity contribution is 0.100. The molecule has 0 saturated heterocycles.